The standard InChI is InChI=1S/C37H41N7O4S/c1-24-6-12-27(13-7-24)49(45,46)37(39-22-25-8-10-26(11-9-25)44-18-16-42(2)17-19-44)28-14-15-38-35-29(28)20-31(40-35)30-23-43(3)32-21-33(47-4)36(48-5)41-34(30)32/h6-15,20-21,23,37,39H,16-19,22H2,1-5H3,(H,38,40). The number of benzene rings is 2. The number of H-pyrrole nitrogens is 1. The Bertz CT molecular complexity index is 2220. The highest BCUT2D eigenvalue weighted by atomic mass is 32.2. The van der Waals surface area contributed by atoms with E-state index in [-0.39, 0.29) is 4.90 Å². The van der Waals surface area contributed by atoms with Gasteiger partial charge in [0.2, 0.25) is 0 Å². The summed E-state index contributed by atoms with van der Waals surface area (Å²) in [7, 11) is 3.35. The van der Waals surface area contributed by atoms with Crippen LogP contribution in [0, 0.1) is 6.92 Å². The second-order valence-electron chi connectivity index (χ2n) is 12.6. The van der Waals surface area contributed by atoms with E-state index in [0.717, 1.165) is 59.6 Å². The number of rotatable bonds is 10. The smallest absolute Gasteiger partial charge is 0.257 e. The number of likely N-dealkylation sites (N-methyl/N-ethyl adjacent to an activating group) is 1. The number of ether oxygens (including phenoxy) is 2. The van der Waals surface area contributed by atoms with Crippen molar-refractivity contribution >= 4 is 37.6 Å². The monoisotopic (exact) mass is 679 g/mol. The van der Waals surface area contributed by atoms with Crippen LogP contribution in [0.5, 0.6) is 11.6 Å². The normalized spacial score (nSPS) is 14.8. The van der Waals surface area contributed by atoms with E-state index in [4.69, 9.17) is 14.5 Å². The summed E-state index contributed by atoms with van der Waals surface area (Å²) >= 11 is 0. The van der Waals surface area contributed by atoms with E-state index >= 15 is 0 Å². The van der Waals surface area contributed by atoms with Crippen molar-refractivity contribution in [3.05, 3.63) is 95.8 Å². The predicted octanol–water partition coefficient (Wildman–Crippen LogP) is 5.46. The molecule has 7 rings (SSSR count). The maximum atomic E-state index is 14.4. The van der Waals surface area contributed by atoms with E-state index in [1.165, 1.54) is 5.69 Å². The zero-order chi connectivity index (χ0) is 34.3. The van der Waals surface area contributed by atoms with Gasteiger partial charge in [0.1, 0.15) is 16.5 Å². The number of nitrogens with one attached hydrogen (secondary N) is 2. The first-order valence-electron chi connectivity index (χ1n) is 16.3. The highest BCUT2D eigenvalue weighted by Crippen LogP contribution is 2.38. The molecule has 1 fully saturated rings. The van der Waals surface area contributed by atoms with Crippen LogP contribution in [0.3, 0.4) is 0 Å². The summed E-state index contributed by atoms with van der Waals surface area (Å²) in [5.74, 6) is 0.912. The van der Waals surface area contributed by atoms with Crippen molar-refractivity contribution in [3.63, 3.8) is 0 Å². The zero-order valence-corrected chi connectivity index (χ0v) is 29.2. The molecule has 11 nitrogen and oxygen atoms in total. The van der Waals surface area contributed by atoms with Crippen LogP contribution in [-0.4, -0.2) is 80.3 Å². The van der Waals surface area contributed by atoms with E-state index in [1.54, 1.807) is 38.6 Å². The van der Waals surface area contributed by atoms with Crippen LogP contribution in [0.15, 0.2) is 84.0 Å². The maximum absolute atomic E-state index is 14.4. The zero-order valence-electron chi connectivity index (χ0n) is 28.4. The second-order valence-corrected chi connectivity index (χ2v) is 14.7. The molecule has 1 atom stereocenters. The van der Waals surface area contributed by atoms with Gasteiger partial charge in [-0.05, 0) is 61.5 Å². The molecule has 0 amide bonds. The minimum absolute atomic E-state index is 0.251. The Morgan fingerprint density at radius 3 is 2.37 bits per heavy atom. The number of methoxy groups -OCH3 is 2. The number of anilines is 1. The molecule has 0 aliphatic carbocycles. The summed E-state index contributed by atoms with van der Waals surface area (Å²) in [6, 6.07) is 21.0. The Labute approximate surface area is 286 Å². The topological polar surface area (TPSA) is 118 Å². The quantitative estimate of drug-likeness (QED) is 0.195. The third-order valence-corrected chi connectivity index (χ3v) is 11.4. The minimum Gasteiger partial charge on any atom is -0.491 e. The van der Waals surface area contributed by atoms with Crippen molar-refractivity contribution in [2.24, 2.45) is 7.05 Å². The Morgan fingerprint density at radius 1 is 0.939 bits per heavy atom. The Kier molecular flexibility index (Phi) is 8.78. The van der Waals surface area contributed by atoms with Gasteiger partial charge in [-0.1, -0.05) is 29.8 Å². The molecule has 0 bridgehead atoms. The second kappa shape index (κ2) is 13.2. The highest BCUT2D eigenvalue weighted by Gasteiger charge is 2.31. The molecule has 1 aliphatic heterocycles. The van der Waals surface area contributed by atoms with Gasteiger partial charge in [0.15, 0.2) is 15.6 Å². The average molecular weight is 680 g/mol. The van der Waals surface area contributed by atoms with Gasteiger partial charge < -0.3 is 28.8 Å². The number of aromatic nitrogens is 4. The number of pyridine rings is 2. The fourth-order valence-corrected chi connectivity index (χ4v) is 8.15. The molecule has 6 aromatic rings. The molecule has 0 saturated carbocycles. The number of sulfone groups is 1. The molecular weight excluding hydrogens is 639 g/mol. The fourth-order valence-electron chi connectivity index (χ4n) is 6.52. The molecule has 5 heterocycles. The third-order valence-electron chi connectivity index (χ3n) is 9.40. The van der Waals surface area contributed by atoms with E-state index in [2.05, 4.69) is 56.4 Å². The SMILES string of the molecule is COc1cc2c(nc1OC)c(-c1cc3c(C(NCc4ccc(N5CCN(C)CC5)cc4)S(=O)(=O)c4ccc(C)cc4)ccnc3[nH]1)cn2C. The first kappa shape index (κ1) is 32.6. The lowest BCUT2D eigenvalue weighted by molar-refractivity contribution is 0.313. The molecule has 12 heteroatoms. The number of hydrogen-bond acceptors (Lipinski definition) is 9. The van der Waals surface area contributed by atoms with Crippen LogP contribution in [-0.2, 0) is 23.4 Å². The molecule has 1 aliphatic rings. The van der Waals surface area contributed by atoms with Crippen molar-refractivity contribution in [2.45, 2.75) is 23.7 Å². The molecule has 1 saturated heterocycles. The number of nitrogens with zero attached hydrogens (tertiary/aromatic N) is 5. The first-order valence-corrected chi connectivity index (χ1v) is 17.8. The molecule has 4 aromatic heterocycles. The van der Waals surface area contributed by atoms with Gasteiger partial charge in [-0.15, -0.1) is 0 Å². The number of aromatic amines is 1. The van der Waals surface area contributed by atoms with Gasteiger partial charge >= 0.3 is 0 Å². The van der Waals surface area contributed by atoms with Crippen LogP contribution in [0.1, 0.15) is 22.1 Å². The van der Waals surface area contributed by atoms with E-state index in [1.807, 2.05) is 49.0 Å². The van der Waals surface area contributed by atoms with Gasteiger partial charge in [-0.25, -0.2) is 18.4 Å². The lowest BCUT2D eigenvalue weighted by Gasteiger charge is -2.34. The summed E-state index contributed by atoms with van der Waals surface area (Å²) in [5.41, 5.74) is 7.50. The third kappa shape index (κ3) is 6.23. The van der Waals surface area contributed by atoms with Crippen molar-refractivity contribution < 1.29 is 17.9 Å². The molecule has 1 unspecified atom stereocenters. The number of aryl methyl sites for hydroxylation is 2. The van der Waals surface area contributed by atoms with Crippen LogP contribution in [0.25, 0.3) is 33.3 Å². The van der Waals surface area contributed by atoms with Crippen molar-refractivity contribution in [1.29, 1.82) is 0 Å². The van der Waals surface area contributed by atoms with Crippen LogP contribution in [0.2, 0.25) is 0 Å². The van der Waals surface area contributed by atoms with Crippen molar-refractivity contribution in [1.82, 2.24) is 29.7 Å². The molecule has 254 valence electrons. The van der Waals surface area contributed by atoms with Gasteiger partial charge in [0.05, 0.1) is 30.3 Å². The van der Waals surface area contributed by atoms with Crippen LogP contribution >= 0.6 is 0 Å². The fraction of sp³-hybridized carbons (Fsp3) is 0.297. The first-order chi connectivity index (χ1) is 23.7. The lowest BCUT2D eigenvalue weighted by Crippen LogP contribution is -2.44. The van der Waals surface area contributed by atoms with Crippen LogP contribution < -0.4 is 19.7 Å². The van der Waals surface area contributed by atoms with E-state index in [9.17, 15) is 8.42 Å². The number of fused-ring (bicyclic) bond motifs is 2. The summed E-state index contributed by atoms with van der Waals surface area (Å²) in [6.45, 7) is 6.33. The average Bonchev–Trinajstić information content (AvgIpc) is 3.69. The summed E-state index contributed by atoms with van der Waals surface area (Å²) < 4.78 is 41.8. The highest BCUT2D eigenvalue weighted by molar-refractivity contribution is 7.91. The van der Waals surface area contributed by atoms with Gasteiger partial charge in [-0.3, -0.25) is 5.32 Å². The summed E-state index contributed by atoms with van der Waals surface area (Å²) in [6.07, 6.45) is 3.63. The largest absolute Gasteiger partial charge is 0.491 e. The van der Waals surface area contributed by atoms with Gasteiger partial charge in [0, 0.05) is 74.9 Å². The number of piperazine rings is 1. The predicted molar refractivity (Wildman–Crippen MR) is 193 cm³/mol. The molecule has 0 radical (unpaired) electrons. The Hall–Kier alpha value is -4.91. The Balaban J connectivity index is 1.27. The van der Waals surface area contributed by atoms with Gasteiger partial charge in [-0.2, -0.15) is 0 Å². The molecule has 2 N–H and O–H groups in total. The van der Waals surface area contributed by atoms with Gasteiger partial charge in [0.25, 0.3) is 5.88 Å². The molecule has 49 heavy (non-hydrogen) atoms. The summed E-state index contributed by atoms with van der Waals surface area (Å²) in [4.78, 5) is 17.8. The maximum Gasteiger partial charge on any atom is 0.257 e. The van der Waals surface area contributed by atoms with E-state index < -0.39 is 15.2 Å². The minimum atomic E-state index is -3.88. The van der Waals surface area contributed by atoms with Crippen LogP contribution in [0.4, 0.5) is 5.69 Å². The van der Waals surface area contributed by atoms with Crippen molar-refractivity contribution in [2.75, 3.05) is 52.3 Å². The van der Waals surface area contributed by atoms with Crippen molar-refractivity contribution in [3.8, 4) is 22.9 Å². The lowest BCUT2D eigenvalue weighted by atomic mass is 10.1. The summed E-state index contributed by atoms with van der Waals surface area (Å²) in [5, 5.41) is 3.07. The molecular formula is C37H41N7O4S. The number of hydrogen-bond donors (Lipinski definition) is 2. The van der Waals surface area contributed by atoms with E-state index in [0.29, 0.717) is 34.8 Å². The molecule has 0 spiro atoms. The Morgan fingerprint density at radius 2 is 1.67 bits per heavy atom. The molecule has 2 aromatic carbocycles.